The second-order valence-corrected chi connectivity index (χ2v) is 5.97. The zero-order valence-corrected chi connectivity index (χ0v) is 16.4. The van der Waals surface area contributed by atoms with E-state index in [1.165, 1.54) is 0 Å². The third-order valence-electron chi connectivity index (χ3n) is 3.55. The van der Waals surface area contributed by atoms with Crippen molar-refractivity contribution < 1.29 is 19.1 Å². The van der Waals surface area contributed by atoms with E-state index >= 15 is 0 Å². The first-order valence-corrected chi connectivity index (χ1v) is 9.67. The van der Waals surface area contributed by atoms with Crippen LogP contribution < -0.4 is 0 Å². The molecule has 0 spiro atoms. The summed E-state index contributed by atoms with van der Waals surface area (Å²) in [4.78, 5) is 23.0. The maximum Gasteiger partial charge on any atom is 0.306 e. The first-order chi connectivity index (χ1) is 13.7. The van der Waals surface area contributed by atoms with Gasteiger partial charge in [-0.1, -0.05) is 23.7 Å². The van der Waals surface area contributed by atoms with Crippen molar-refractivity contribution in [2.45, 2.75) is 77.0 Å². The lowest BCUT2D eigenvalue weighted by Crippen LogP contribution is -2.07. The highest BCUT2D eigenvalue weighted by Gasteiger charge is 2.05. The van der Waals surface area contributed by atoms with Gasteiger partial charge in [0.25, 0.3) is 0 Å². The second-order valence-electron chi connectivity index (χ2n) is 5.97. The van der Waals surface area contributed by atoms with E-state index in [1.54, 1.807) is 0 Å². The minimum Gasteiger partial charge on any atom is -0.452 e. The molecule has 0 radical (unpaired) electrons. The molecule has 0 saturated carbocycles. The van der Waals surface area contributed by atoms with E-state index in [-0.39, 0.29) is 38.0 Å². The molecule has 0 amide bonds. The molecule has 28 heavy (non-hydrogen) atoms. The van der Waals surface area contributed by atoms with Crippen LogP contribution in [0.5, 0.6) is 0 Å². The second kappa shape index (κ2) is 20.4. The Morgan fingerprint density at radius 3 is 1.36 bits per heavy atom. The summed E-state index contributed by atoms with van der Waals surface area (Å²) in [5, 5.41) is 16.8. The number of esters is 2. The number of hydrogen-bond donors (Lipinski definition) is 0. The molecule has 0 fully saturated rings. The molecule has 0 aromatic rings. The molecule has 0 saturated heterocycles. The lowest BCUT2D eigenvalue weighted by molar-refractivity contribution is -0.144. The van der Waals surface area contributed by atoms with Crippen molar-refractivity contribution in [3.05, 3.63) is 0 Å². The lowest BCUT2D eigenvalue weighted by Gasteiger charge is -2.02. The Morgan fingerprint density at radius 2 is 0.964 bits per heavy atom. The third kappa shape index (κ3) is 19.4. The van der Waals surface area contributed by atoms with Crippen LogP contribution >= 0.6 is 0 Å². The van der Waals surface area contributed by atoms with Gasteiger partial charge in [-0.25, -0.2) is 0 Å². The Balaban J connectivity index is 3.53. The summed E-state index contributed by atoms with van der Waals surface area (Å²) in [6.45, 7) is 0.155. The van der Waals surface area contributed by atoms with Gasteiger partial charge in [0.1, 0.15) is 0 Å². The van der Waals surface area contributed by atoms with Crippen LogP contribution in [0.3, 0.4) is 0 Å². The van der Waals surface area contributed by atoms with E-state index in [9.17, 15) is 9.59 Å². The average Bonchev–Trinajstić information content (AvgIpc) is 2.69. The van der Waals surface area contributed by atoms with Crippen LogP contribution in [0.25, 0.3) is 0 Å². The molecular weight excluding hydrogens is 356 g/mol. The molecule has 0 N–H and O–H groups in total. The molecule has 0 heterocycles. The standard InChI is InChI=1S/C22H28N2O4/c23-17-11-5-1-3-7-13-19-27-21(25)15-9-10-16-22(26)28-20-14-8-4-2-6-12-18-24/h1-6,9-12,15-16,19-20H2. The summed E-state index contributed by atoms with van der Waals surface area (Å²) in [5.41, 5.74) is 0. The van der Waals surface area contributed by atoms with Gasteiger partial charge in [0, 0.05) is 38.5 Å². The maximum atomic E-state index is 11.5. The summed E-state index contributed by atoms with van der Waals surface area (Å²) in [7, 11) is 0. The molecule has 0 aliphatic heterocycles. The van der Waals surface area contributed by atoms with Crippen molar-refractivity contribution in [3.63, 3.8) is 0 Å². The summed E-state index contributed by atoms with van der Waals surface area (Å²) < 4.78 is 9.97. The molecular formula is C22H28N2O4. The number of carbonyl (C=O) groups is 2. The number of nitriles is 2. The average molecular weight is 384 g/mol. The summed E-state index contributed by atoms with van der Waals surface area (Å²) in [6, 6.07) is 4.16. The van der Waals surface area contributed by atoms with Gasteiger partial charge in [-0.05, 0) is 38.5 Å². The quantitative estimate of drug-likeness (QED) is 0.272. The highest BCUT2D eigenvalue weighted by atomic mass is 16.5. The van der Waals surface area contributed by atoms with Crippen molar-refractivity contribution in [3.8, 4) is 35.8 Å². The molecule has 150 valence electrons. The van der Waals surface area contributed by atoms with Crippen molar-refractivity contribution in [1.82, 2.24) is 0 Å². The van der Waals surface area contributed by atoms with Crippen LogP contribution in [0.1, 0.15) is 77.0 Å². The molecule has 0 rings (SSSR count). The monoisotopic (exact) mass is 384 g/mol. The van der Waals surface area contributed by atoms with Gasteiger partial charge >= 0.3 is 11.9 Å². The Labute approximate surface area is 168 Å². The van der Waals surface area contributed by atoms with Gasteiger partial charge in [-0.2, -0.15) is 10.5 Å². The summed E-state index contributed by atoms with van der Waals surface area (Å²) in [6.07, 6.45) is 7.52. The molecule has 0 aliphatic rings. The zero-order valence-electron chi connectivity index (χ0n) is 16.4. The molecule has 0 bridgehead atoms. The molecule has 0 aliphatic carbocycles. The van der Waals surface area contributed by atoms with Crippen molar-refractivity contribution >= 4 is 11.9 Å². The first-order valence-electron chi connectivity index (χ1n) is 9.67. The van der Waals surface area contributed by atoms with Crippen molar-refractivity contribution in [1.29, 1.82) is 10.5 Å². The predicted octanol–water partition coefficient (Wildman–Crippen LogP) is 3.81. The minimum atomic E-state index is -0.325. The van der Waals surface area contributed by atoms with Crippen LogP contribution in [0.15, 0.2) is 0 Å². The Morgan fingerprint density at radius 1 is 0.571 bits per heavy atom. The van der Waals surface area contributed by atoms with Crippen LogP contribution in [0.2, 0.25) is 0 Å². The molecule has 0 atom stereocenters. The van der Waals surface area contributed by atoms with Crippen LogP contribution in [0, 0.1) is 46.3 Å². The summed E-state index contributed by atoms with van der Waals surface area (Å²) in [5.74, 6) is 10.7. The van der Waals surface area contributed by atoms with Crippen LogP contribution in [0.4, 0.5) is 0 Å². The number of hydrogen-bond acceptors (Lipinski definition) is 6. The van der Waals surface area contributed by atoms with Crippen molar-refractivity contribution in [2.24, 2.45) is 0 Å². The highest BCUT2D eigenvalue weighted by Crippen LogP contribution is 2.03. The number of nitrogens with zero attached hydrogens (tertiary/aromatic N) is 2. The molecule has 0 aromatic carbocycles. The van der Waals surface area contributed by atoms with Gasteiger partial charge < -0.3 is 9.47 Å². The Hall–Kier alpha value is -2.96. The number of carbonyl (C=O) groups excluding carboxylic acids is 2. The molecule has 6 nitrogen and oxygen atoms in total. The van der Waals surface area contributed by atoms with Crippen molar-refractivity contribution in [2.75, 3.05) is 13.2 Å². The topological polar surface area (TPSA) is 100 Å². The minimum absolute atomic E-state index is 0.0777. The molecule has 0 unspecified atom stereocenters. The smallest absolute Gasteiger partial charge is 0.306 e. The molecule has 0 aromatic heterocycles. The molecule has 6 heteroatoms. The number of rotatable bonds is 13. The lowest BCUT2D eigenvalue weighted by atomic mass is 10.2. The number of ether oxygens (including phenoxy) is 2. The Kier molecular flexibility index (Phi) is 18.2. The highest BCUT2D eigenvalue weighted by molar-refractivity contribution is 5.70. The van der Waals surface area contributed by atoms with E-state index in [0.29, 0.717) is 38.5 Å². The maximum absolute atomic E-state index is 11.5. The predicted molar refractivity (Wildman–Crippen MR) is 104 cm³/mol. The van der Waals surface area contributed by atoms with Crippen LogP contribution in [-0.2, 0) is 19.1 Å². The summed E-state index contributed by atoms with van der Waals surface area (Å²) >= 11 is 0. The fourth-order valence-electron chi connectivity index (χ4n) is 2.03. The Bertz CT molecular complexity index is 592. The van der Waals surface area contributed by atoms with Gasteiger partial charge in [-0.3, -0.25) is 9.59 Å². The van der Waals surface area contributed by atoms with Gasteiger partial charge in [0.2, 0.25) is 0 Å². The van der Waals surface area contributed by atoms with E-state index in [1.807, 2.05) is 0 Å². The van der Waals surface area contributed by atoms with E-state index in [4.69, 9.17) is 20.0 Å². The first kappa shape index (κ1) is 25.0. The van der Waals surface area contributed by atoms with E-state index in [2.05, 4.69) is 35.8 Å². The van der Waals surface area contributed by atoms with E-state index < -0.39 is 0 Å². The fourth-order valence-corrected chi connectivity index (χ4v) is 2.03. The SMILES string of the molecule is N#CCCCCC#CCOC(=O)CCCCC(=O)OCC#CCCCCC#N. The number of unbranched alkanes of at least 4 members (excludes halogenated alkanes) is 7. The van der Waals surface area contributed by atoms with Gasteiger partial charge in [0.15, 0.2) is 13.2 Å². The zero-order chi connectivity index (χ0) is 20.7. The van der Waals surface area contributed by atoms with Crippen LogP contribution in [-0.4, -0.2) is 25.2 Å². The third-order valence-corrected chi connectivity index (χ3v) is 3.55. The largest absolute Gasteiger partial charge is 0.452 e. The van der Waals surface area contributed by atoms with Gasteiger partial charge in [-0.15, -0.1) is 0 Å². The fraction of sp³-hybridized carbons (Fsp3) is 0.636. The van der Waals surface area contributed by atoms with E-state index in [0.717, 1.165) is 25.7 Å². The normalized spacial score (nSPS) is 8.93. The van der Waals surface area contributed by atoms with Gasteiger partial charge in [0.05, 0.1) is 12.1 Å².